The standard InChI is InChI=1S/C18H21ClN4OS/c1-2-14-20-18-23(21-14)17(24)16(25-18)15(22-9-4-3-5-10-22)12-7-6-8-13(19)11-12/h6-8,11,15,24H,2-5,9-10H2,1H3. The van der Waals surface area contributed by atoms with Gasteiger partial charge in [0.15, 0.2) is 5.82 Å². The van der Waals surface area contributed by atoms with Gasteiger partial charge in [0.1, 0.15) is 0 Å². The highest BCUT2D eigenvalue weighted by atomic mass is 35.5. The number of thiazole rings is 1. The van der Waals surface area contributed by atoms with Crippen LogP contribution in [0.3, 0.4) is 0 Å². The molecule has 1 aromatic carbocycles. The number of halogens is 1. The molecular formula is C18H21ClN4OS. The average molecular weight is 377 g/mol. The van der Waals surface area contributed by atoms with Crippen molar-refractivity contribution < 1.29 is 5.11 Å². The van der Waals surface area contributed by atoms with Crippen molar-refractivity contribution in [1.82, 2.24) is 19.5 Å². The summed E-state index contributed by atoms with van der Waals surface area (Å²) >= 11 is 7.76. The fourth-order valence-electron chi connectivity index (χ4n) is 3.50. The molecule has 5 nitrogen and oxygen atoms in total. The molecule has 3 aromatic rings. The predicted molar refractivity (Wildman–Crippen MR) is 101 cm³/mol. The van der Waals surface area contributed by atoms with Crippen molar-refractivity contribution in [2.24, 2.45) is 0 Å². The summed E-state index contributed by atoms with van der Waals surface area (Å²) in [4.78, 5) is 8.58. The van der Waals surface area contributed by atoms with Crippen LogP contribution in [0.4, 0.5) is 0 Å². The summed E-state index contributed by atoms with van der Waals surface area (Å²) in [5.74, 6) is 0.952. The minimum absolute atomic E-state index is 0.0161. The molecule has 0 amide bonds. The van der Waals surface area contributed by atoms with Crippen molar-refractivity contribution in [2.45, 2.75) is 38.6 Å². The Morgan fingerprint density at radius 2 is 2.08 bits per heavy atom. The van der Waals surface area contributed by atoms with E-state index in [4.69, 9.17) is 11.6 Å². The van der Waals surface area contributed by atoms with Gasteiger partial charge in [-0.05, 0) is 43.6 Å². The Kier molecular flexibility index (Phi) is 4.67. The number of hydrogen-bond donors (Lipinski definition) is 1. The molecule has 1 aliphatic heterocycles. The third-order valence-corrected chi connectivity index (χ3v) is 6.04. The van der Waals surface area contributed by atoms with Gasteiger partial charge in [-0.1, -0.05) is 48.4 Å². The van der Waals surface area contributed by atoms with Crippen LogP contribution < -0.4 is 0 Å². The van der Waals surface area contributed by atoms with Crippen LogP contribution in [0.5, 0.6) is 5.88 Å². The zero-order valence-electron chi connectivity index (χ0n) is 14.2. The highest BCUT2D eigenvalue weighted by Crippen LogP contribution is 2.41. The van der Waals surface area contributed by atoms with Gasteiger partial charge in [-0.15, -0.1) is 5.10 Å². The molecule has 4 rings (SSSR count). The fraction of sp³-hybridized carbons (Fsp3) is 0.444. The molecule has 0 saturated carbocycles. The van der Waals surface area contributed by atoms with Crippen LogP contribution in [0.25, 0.3) is 4.96 Å². The van der Waals surface area contributed by atoms with E-state index in [-0.39, 0.29) is 11.9 Å². The van der Waals surface area contributed by atoms with Gasteiger partial charge in [0.05, 0.1) is 10.9 Å². The number of piperidine rings is 1. The molecule has 1 saturated heterocycles. The van der Waals surface area contributed by atoms with Crippen LogP contribution in [-0.2, 0) is 6.42 Å². The average Bonchev–Trinajstić information content (AvgIpc) is 3.16. The molecule has 1 unspecified atom stereocenters. The second-order valence-electron chi connectivity index (χ2n) is 6.42. The van der Waals surface area contributed by atoms with Crippen molar-refractivity contribution in [1.29, 1.82) is 0 Å². The minimum Gasteiger partial charge on any atom is -0.492 e. The van der Waals surface area contributed by atoms with Gasteiger partial charge < -0.3 is 5.11 Å². The number of aryl methyl sites for hydroxylation is 1. The van der Waals surface area contributed by atoms with Crippen molar-refractivity contribution >= 4 is 27.9 Å². The third kappa shape index (κ3) is 3.14. The van der Waals surface area contributed by atoms with E-state index in [2.05, 4.69) is 21.0 Å². The number of aromatic nitrogens is 3. The Hall–Kier alpha value is -1.63. The summed E-state index contributed by atoms with van der Waals surface area (Å²) in [6.07, 6.45) is 4.38. The first-order valence-electron chi connectivity index (χ1n) is 8.74. The molecule has 0 bridgehead atoms. The van der Waals surface area contributed by atoms with E-state index < -0.39 is 0 Å². The zero-order valence-corrected chi connectivity index (χ0v) is 15.7. The number of nitrogens with zero attached hydrogens (tertiary/aromatic N) is 4. The van der Waals surface area contributed by atoms with Gasteiger partial charge in [0.2, 0.25) is 10.8 Å². The topological polar surface area (TPSA) is 53.7 Å². The maximum absolute atomic E-state index is 10.8. The van der Waals surface area contributed by atoms with E-state index in [0.29, 0.717) is 5.02 Å². The molecule has 3 heterocycles. The van der Waals surface area contributed by atoms with E-state index >= 15 is 0 Å². The first kappa shape index (κ1) is 16.8. The normalized spacial score (nSPS) is 17.2. The maximum atomic E-state index is 10.8. The molecular weight excluding hydrogens is 356 g/mol. The molecule has 2 aromatic heterocycles. The summed E-state index contributed by atoms with van der Waals surface area (Å²) in [6, 6.07) is 7.91. The lowest BCUT2D eigenvalue weighted by atomic mass is 10.0. The third-order valence-electron chi connectivity index (χ3n) is 4.73. The van der Waals surface area contributed by atoms with Crippen LogP contribution in [0, 0.1) is 0 Å². The van der Waals surface area contributed by atoms with E-state index in [0.717, 1.165) is 40.7 Å². The molecule has 1 aliphatic rings. The lowest BCUT2D eigenvalue weighted by Crippen LogP contribution is -2.34. The summed E-state index contributed by atoms with van der Waals surface area (Å²) in [5, 5.41) is 16.0. The maximum Gasteiger partial charge on any atom is 0.230 e. The Morgan fingerprint density at radius 3 is 2.76 bits per heavy atom. The molecule has 132 valence electrons. The van der Waals surface area contributed by atoms with Crippen LogP contribution in [-0.4, -0.2) is 37.7 Å². The molecule has 1 fully saturated rings. The SMILES string of the molecule is CCc1nc2sc(C(c3cccc(Cl)c3)N3CCCCC3)c(O)n2n1. The summed E-state index contributed by atoms with van der Waals surface area (Å²) < 4.78 is 1.57. The Bertz CT molecular complexity index is 884. The summed E-state index contributed by atoms with van der Waals surface area (Å²) in [6.45, 7) is 4.05. The van der Waals surface area contributed by atoms with Gasteiger partial charge in [-0.25, -0.2) is 4.98 Å². The largest absolute Gasteiger partial charge is 0.492 e. The quantitative estimate of drug-likeness (QED) is 0.738. The Labute approximate surface area is 155 Å². The molecule has 1 atom stereocenters. The highest BCUT2D eigenvalue weighted by Gasteiger charge is 2.30. The number of aromatic hydroxyl groups is 1. The first-order chi connectivity index (χ1) is 12.2. The number of benzene rings is 1. The van der Waals surface area contributed by atoms with Crippen LogP contribution >= 0.6 is 22.9 Å². The zero-order chi connectivity index (χ0) is 17.4. The van der Waals surface area contributed by atoms with Crippen LogP contribution in [0.2, 0.25) is 5.02 Å². The number of likely N-dealkylation sites (tertiary alicyclic amines) is 1. The molecule has 1 N–H and O–H groups in total. The van der Waals surface area contributed by atoms with E-state index in [9.17, 15) is 5.11 Å². The molecule has 0 spiro atoms. The van der Waals surface area contributed by atoms with Gasteiger partial charge in [0.25, 0.3) is 0 Å². The second kappa shape index (κ2) is 6.94. The number of hydrogen-bond acceptors (Lipinski definition) is 5. The van der Waals surface area contributed by atoms with Crippen molar-refractivity contribution in [3.8, 4) is 5.88 Å². The molecule has 0 aliphatic carbocycles. The minimum atomic E-state index is -0.0161. The first-order valence-corrected chi connectivity index (χ1v) is 9.93. The van der Waals surface area contributed by atoms with Crippen molar-refractivity contribution in [2.75, 3.05) is 13.1 Å². The number of fused-ring (bicyclic) bond motifs is 1. The van der Waals surface area contributed by atoms with Crippen LogP contribution in [0.1, 0.15) is 48.5 Å². The second-order valence-corrected chi connectivity index (χ2v) is 7.87. The lowest BCUT2D eigenvalue weighted by molar-refractivity contribution is 0.186. The Morgan fingerprint density at radius 1 is 1.28 bits per heavy atom. The van der Waals surface area contributed by atoms with Gasteiger partial charge >= 0.3 is 0 Å². The predicted octanol–water partition coefficient (Wildman–Crippen LogP) is 4.29. The monoisotopic (exact) mass is 376 g/mol. The lowest BCUT2D eigenvalue weighted by Gasteiger charge is -2.34. The summed E-state index contributed by atoms with van der Waals surface area (Å²) in [7, 11) is 0. The van der Waals surface area contributed by atoms with Crippen molar-refractivity contribution in [3.05, 3.63) is 45.6 Å². The van der Waals surface area contributed by atoms with Gasteiger partial charge in [0, 0.05) is 11.4 Å². The number of rotatable bonds is 4. The summed E-state index contributed by atoms with van der Waals surface area (Å²) in [5.41, 5.74) is 1.10. The van der Waals surface area contributed by atoms with Crippen molar-refractivity contribution in [3.63, 3.8) is 0 Å². The van der Waals surface area contributed by atoms with E-state index in [1.165, 1.54) is 30.6 Å². The van der Waals surface area contributed by atoms with Crippen LogP contribution in [0.15, 0.2) is 24.3 Å². The fourth-order valence-corrected chi connectivity index (χ4v) is 4.83. The smallest absolute Gasteiger partial charge is 0.230 e. The molecule has 0 radical (unpaired) electrons. The van der Waals surface area contributed by atoms with Gasteiger partial charge in [-0.3, -0.25) is 4.90 Å². The molecule has 25 heavy (non-hydrogen) atoms. The molecule has 7 heteroatoms. The van der Waals surface area contributed by atoms with Gasteiger partial charge in [-0.2, -0.15) is 4.52 Å². The Balaban J connectivity index is 1.82. The van der Waals surface area contributed by atoms with E-state index in [1.54, 1.807) is 4.52 Å². The highest BCUT2D eigenvalue weighted by molar-refractivity contribution is 7.17. The van der Waals surface area contributed by atoms with E-state index in [1.807, 2.05) is 25.1 Å².